The van der Waals surface area contributed by atoms with Crippen LogP contribution in [0.15, 0.2) is 0 Å². The molecule has 3 atom stereocenters. The highest BCUT2D eigenvalue weighted by Gasteiger charge is 2.58. The van der Waals surface area contributed by atoms with Gasteiger partial charge in [0.25, 0.3) is 0 Å². The lowest BCUT2D eigenvalue weighted by molar-refractivity contribution is -0.0247. The Hall–Kier alpha value is 0.250. The topological polar surface area (TPSA) is 9.23 Å². The van der Waals surface area contributed by atoms with Gasteiger partial charge in [-0.15, -0.1) is 0 Å². The highest BCUT2D eigenvalue weighted by Crippen LogP contribution is 2.66. The molecule has 4 bridgehead atoms. The highest BCUT2D eigenvalue weighted by molar-refractivity contribution is 6.20. The molecule has 20 heavy (non-hydrogen) atoms. The second-order valence-corrected chi connectivity index (χ2v) is 8.71. The van der Waals surface area contributed by atoms with Crippen molar-refractivity contribution in [3.63, 3.8) is 0 Å². The second-order valence-electron chi connectivity index (χ2n) is 8.31. The van der Waals surface area contributed by atoms with E-state index in [1.807, 2.05) is 0 Å². The lowest BCUT2D eigenvalue weighted by atomic mass is 9.70. The molecule has 5 fully saturated rings. The first-order chi connectivity index (χ1) is 9.75. The van der Waals surface area contributed by atoms with Crippen LogP contribution < -0.4 is 0 Å². The van der Waals surface area contributed by atoms with E-state index in [0.717, 1.165) is 30.3 Å². The predicted molar refractivity (Wildman–Crippen MR) is 82.8 cm³/mol. The summed E-state index contributed by atoms with van der Waals surface area (Å²) in [5.41, 5.74) is 0.367. The van der Waals surface area contributed by atoms with Gasteiger partial charge >= 0.3 is 0 Å². The molecule has 0 aromatic heterocycles. The van der Waals surface area contributed by atoms with E-state index in [9.17, 15) is 0 Å². The molecule has 5 aliphatic rings. The fraction of sp³-hybridized carbons (Fsp3) is 1.00. The molecule has 0 amide bonds. The molecular formula is C18H29ClO. The van der Waals surface area contributed by atoms with Crippen LogP contribution in [0, 0.1) is 29.1 Å². The SMILES string of the molecule is ClC(OCCC1CCCCC1)C12CC3CC(C1)C(C3)C2. The van der Waals surface area contributed by atoms with Crippen LogP contribution in [0.1, 0.15) is 70.6 Å². The molecule has 1 nitrogen and oxygen atoms in total. The van der Waals surface area contributed by atoms with Crippen molar-refractivity contribution in [1.29, 1.82) is 0 Å². The molecule has 0 saturated heterocycles. The van der Waals surface area contributed by atoms with Crippen LogP contribution in [0.3, 0.4) is 0 Å². The van der Waals surface area contributed by atoms with Crippen molar-refractivity contribution >= 4 is 11.6 Å². The van der Waals surface area contributed by atoms with Gasteiger partial charge in [-0.1, -0.05) is 43.7 Å². The average molecular weight is 297 g/mol. The molecule has 0 heterocycles. The van der Waals surface area contributed by atoms with Crippen molar-refractivity contribution in [2.24, 2.45) is 29.1 Å². The van der Waals surface area contributed by atoms with Gasteiger partial charge in [-0.05, 0) is 62.2 Å². The number of rotatable bonds is 5. The maximum Gasteiger partial charge on any atom is 0.136 e. The molecule has 0 aromatic rings. The quantitative estimate of drug-likeness (QED) is 0.620. The monoisotopic (exact) mass is 296 g/mol. The van der Waals surface area contributed by atoms with Crippen LogP contribution in [0.5, 0.6) is 0 Å². The average Bonchev–Trinajstić information content (AvgIpc) is 2.88. The lowest BCUT2D eigenvalue weighted by Gasteiger charge is -2.41. The van der Waals surface area contributed by atoms with Crippen molar-refractivity contribution in [2.75, 3.05) is 6.61 Å². The zero-order chi connectivity index (χ0) is 13.6. The van der Waals surface area contributed by atoms with E-state index in [-0.39, 0.29) is 5.56 Å². The fourth-order valence-electron chi connectivity index (χ4n) is 6.14. The third-order valence-corrected chi connectivity index (χ3v) is 7.56. The van der Waals surface area contributed by atoms with Gasteiger partial charge in [-0.25, -0.2) is 0 Å². The highest BCUT2D eigenvalue weighted by atomic mass is 35.5. The molecular weight excluding hydrogens is 268 g/mol. The van der Waals surface area contributed by atoms with Crippen LogP contribution in [0.2, 0.25) is 0 Å². The summed E-state index contributed by atoms with van der Waals surface area (Å²) in [4.78, 5) is 0. The Morgan fingerprint density at radius 1 is 1.00 bits per heavy atom. The molecule has 0 aliphatic heterocycles. The minimum Gasteiger partial charge on any atom is -0.362 e. The smallest absolute Gasteiger partial charge is 0.136 e. The van der Waals surface area contributed by atoms with Crippen molar-refractivity contribution in [2.45, 2.75) is 76.2 Å². The zero-order valence-electron chi connectivity index (χ0n) is 12.7. The summed E-state index contributed by atoms with van der Waals surface area (Å²) in [5, 5.41) is 0. The minimum atomic E-state index is 0.00157. The van der Waals surface area contributed by atoms with E-state index in [4.69, 9.17) is 16.3 Å². The number of ether oxygens (including phenoxy) is 1. The second kappa shape index (κ2) is 5.47. The summed E-state index contributed by atoms with van der Waals surface area (Å²) in [7, 11) is 0. The molecule has 5 saturated carbocycles. The Kier molecular flexibility index (Phi) is 3.79. The first-order valence-corrected chi connectivity index (χ1v) is 9.44. The van der Waals surface area contributed by atoms with Crippen LogP contribution in [0.25, 0.3) is 0 Å². The molecule has 2 heteroatoms. The van der Waals surface area contributed by atoms with E-state index in [1.165, 1.54) is 70.6 Å². The Balaban J connectivity index is 1.27. The number of alkyl halides is 1. The molecule has 0 N–H and O–H groups in total. The zero-order valence-corrected chi connectivity index (χ0v) is 13.4. The predicted octanol–water partition coefficient (Wildman–Crippen LogP) is 5.36. The third-order valence-electron chi connectivity index (χ3n) is 6.97. The van der Waals surface area contributed by atoms with Gasteiger partial charge in [0.2, 0.25) is 0 Å². The standard InChI is InChI=1S/C18H29ClO/c19-17(20-7-6-13-4-2-1-3-5-13)18-10-14-8-15(11-18)16(9-14)12-18/h13-17H,1-12H2. The molecule has 3 unspecified atom stereocenters. The van der Waals surface area contributed by atoms with Gasteiger partial charge < -0.3 is 4.74 Å². The van der Waals surface area contributed by atoms with Gasteiger partial charge in [-0.2, -0.15) is 0 Å². The molecule has 0 radical (unpaired) electrons. The third kappa shape index (κ3) is 2.43. The van der Waals surface area contributed by atoms with Gasteiger partial charge in [0.05, 0.1) is 0 Å². The normalized spacial score (nSPS) is 45.1. The van der Waals surface area contributed by atoms with Gasteiger partial charge in [0, 0.05) is 12.0 Å². The summed E-state index contributed by atoms with van der Waals surface area (Å²) in [5.74, 6) is 3.89. The number of hydrogen-bond acceptors (Lipinski definition) is 1. The lowest BCUT2D eigenvalue weighted by Crippen LogP contribution is -2.37. The van der Waals surface area contributed by atoms with E-state index >= 15 is 0 Å². The largest absolute Gasteiger partial charge is 0.362 e. The van der Waals surface area contributed by atoms with Gasteiger partial charge in [0.1, 0.15) is 5.56 Å². The van der Waals surface area contributed by atoms with Crippen LogP contribution in [-0.2, 0) is 4.74 Å². The van der Waals surface area contributed by atoms with Gasteiger partial charge in [-0.3, -0.25) is 0 Å². The Labute approximate surface area is 128 Å². The molecule has 0 aromatic carbocycles. The van der Waals surface area contributed by atoms with Crippen molar-refractivity contribution in [3.05, 3.63) is 0 Å². The van der Waals surface area contributed by atoms with Crippen LogP contribution >= 0.6 is 11.6 Å². The van der Waals surface area contributed by atoms with E-state index in [0.29, 0.717) is 5.41 Å². The number of hydrogen-bond donors (Lipinski definition) is 0. The fourth-order valence-corrected chi connectivity index (χ4v) is 6.50. The van der Waals surface area contributed by atoms with E-state index in [2.05, 4.69) is 0 Å². The maximum absolute atomic E-state index is 6.72. The Morgan fingerprint density at radius 2 is 1.70 bits per heavy atom. The van der Waals surface area contributed by atoms with Crippen molar-refractivity contribution in [3.8, 4) is 0 Å². The summed E-state index contributed by atoms with van der Waals surface area (Å²) < 4.78 is 6.14. The van der Waals surface area contributed by atoms with Crippen LogP contribution in [-0.4, -0.2) is 12.2 Å². The Morgan fingerprint density at radius 3 is 2.35 bits per heavy atom. The first kappa shape index (κ1) is 13.9. The molecule has 5 rings (SSSR count). The first-order valence-electron chi connectivity index (χ1n) is 9.01. The summed E-state index contributed by atoms with van der Waals surface area (Å²) in [6.45, 7) is 0.903. The van der Waals surface area contributed by atoms with Gasteiger partial charge in [0.15, 0.2) is 0 Å². The molecule has 5 aliphatic carbocycles. The maximum atomic E-state index is 6.72. The summed E-state index contributed by atoms with van der Waals surface area (Å²) >= 11 is 6.72. The van der Waals surface area contributed by atoms with Crippen molar-refractivity contribution in [1.82, 2.24) is 0 Å². The summed E-state index contributed by atoms with van der Waals surface area (Å²) in [6.07, 6.45) is 15.5. The van der Waals surface area contributed by atoms with E-state index < -0.39 is 0 Å². The van der Waals surface area contributed by atoms with Crippen molar-refractivity contribution < 1.29 is 4.74 Å². The molecule has 0 spiro atoms. The number of halogens is 1. The molecule has 114 valence electrons. The minimum absolute atomic E-state index is 0.00157. The van der Waals surface area contributed by atoms with E-state index in [1.54, 1.807) is 0 Å². The summed E-state index contributed by atoms with van der Waals surface area (Å²) in [6, 6.07) is 0. The Bertz CT molecular complexity index is 330. The van der Waals surface area contributed by atoms with Crippen LogP contribution in [0.4, 0.5) is 0 Å².